The number of hydrogen-bond donors (Lipinski definition) is 0. The van der Waals surface area contributed by atoms with Crippen molar-refractivity contribution >= 4 is 0 Å². The fourth-order valence-corrected chi connectivity index (χ4v) is 2.08. The Balaban J connectivity index is 2.29. The molecular weight excluding hydrogens is 172 g/mol. The Labute approximate surface area is 86.1 Å². The molecule has 0 aromatic heterocycles. The summed E-state index contributed by atoms with van der Waals surface area (Å²) in [7, 11) is 0. The minimum Gasteiger partial charge on any atom is -0.374 e. The molecule has 1 nitrogen and oxygen atoms in total. The van der Waals surface area contributed by atoms with Crippen molar-refractivity contribution in [1.82, 2.24) is 0 Å². The van der Waals surface area contributed by atoms with Crippen molar-refractivity contribution < 1.29 is 4.74 Å². The molecular formula is C13H18O. The third-order valence-electron chi connectivity index (χ3n) is 3.03. The van der Waals surface area contributed by atoms with E-state index in [0.717, 1.165) is 13.0 Å². The van der Waals surface area contributed by atoms with E-state index >= 15 is 0 Å². The molecule has 0 spiro atoms. The van der Waals surface area contributed by atoms with Crippen LogP contribution in [0.5, 0.6) is 0 Å². The highest BCUT2D eigenvalue weighted by Crippen LogP contribution is 2.31. The molecule has 0 aliphatic carbocycles. The summed E-state index contributed by atoms with van der Waals surface area (Å²) in [5, 5.41) is 0. The molecule has 0 saturated carbocycles. The van der Waals surface area contributed by atoms with Gasteiger partial charge in [0.2, 0.25) is 0 Å². The van der Waals surface area contributed by atoms with E-state index < -0.39 is 0 Å². The molecule has 1 aromatic carbocycles. The smallest absolute Gasteiger partial charge is 0.0828 e. The molecule has 1 heterocycles. The van der Waals surface area contributed by atoms with Gasteiger partial charge in [0.25, 0.3) is 0 Å². The van der Waals surface area contributed by atoms with Gasteiger partial charge in [0.1, 0.15) is 0 Å². The first-order valence-electron chi connectivity index (χ1n) is 5.52. The lowest BCUT2D eigenvalue weighted by atomic mass is 9.98. The van der Waals surface area contributed by atoms with Gasteiger partial charge in [-0.15, -0.1) is 0 Å². The van der Waals surface area contributed by atoms with Crippen LogP contribution in [0.15, 0.2) is 18.2 Å². The van der Waals surface area contributed by atoms with E-state index in [4.69, 9.17) is 4.74 Å². The summed E-state index contributed by atoms with van der Waals surface area (Å²) in [6, 6.07) is 6.74. The van der Waals surface area contributed by atoms with E-state index in [1.807, 2.05) is 0 Å². The van der Waals surface area contributed by atoms with E-state index in [1.165, 1.54) is 29.5 Å². The Hall–Kier alpha value is -0.820. The summed E-state index contributed by atoms with van der Waals surface area (Å²) >= 11 is 0. The maximum Gasteiger partial charge on any atom is 0.0828 e. The highest BCUT2D eigenvalue weighted by Gasteiger charge is 2.19. The molecule has 0 amide bonds. The van der Waals surface area contributed by atoms with E-state index in [1.54, 1.807) is 0 Å². The second-order valence-electron chi connectivity index (χ2n) is 4.05. The summed E-state index contributed by atoms with van der Waals surface area (Å²) in [6.45, 7) is 5.31. The normalized spacial score (nSPS) is 21.4. The average molecular weight is 190 g/mol. The van der Waals surface area contributed by atoms with Crippen LogP contribution >= 0.6 is 0 Å². The number of benzene rings is 1. The lowest BCUT2D eigenvalue weighted by Crippen LogP contribution is -1.99. The minimum atomic E-state index is 0.362. The first-order chi connectivity index (χ1) is 6.81. The van der Waals surface area contributed by atoms with E-state index in [9.17, 15) is 0 Å². The Morgan fingerprint density at radius 3 is 2.93 bits per heavy atom. The minimum absolute atomic E-state index is 0.362. The molecule has 2 rings (SSSR count). The zero-order chi connectivity index (χ0) is 9.97. The third kappa shape index (κ3) is 1.83. The van der Waals surface area contributed by atoms with Gasteiger partial charge in [-0.3, -0.25) is 0 Å². The SMILES string of the molecule is CCc1ccc(C)c([C@@H]2CCCO2)c1. The van der Waals surface area contributed by atoms with Gasteiger partial charge >= 0.3 is 0 Å². The lowest BCUT2D eigenvalue weighted by Gasteiger charge is -2.14. The van der Waals surface area contributed by atoms with Crippen LogP contribution in [-0.2, 0) is 11.2 Å². The largest absolute Gasteiger partial charge is 0.374 e. The summed E-state index contributed by atoms with van der Waals surface area (Å²) in [4.78, 5) is 0. The van der Waals surface area contributed by atoms with Crippen LogP contribution in [0.1, 0.15) is 42.6 Å². The number of hydrogen-bond acceptors (Lipinski definition) is 1. The second kappa shape index (κ2) is 4.14. The second-order valence-corrected chi connectivity index (χ2v) is 4.05. The molecule has 76 valence electrons. The van der Waals surface area contributed by atoms with Gasteiger partial charge in [-0.1, -0.05) is 25.1 Å². The van der Waals surface area contributed by atoms with Crippen LogP contribution in [0, 0.1) is 6.92 Å². The van der Waals surface area contributed by atoms with Crippen LogP contribution in [0.3, 0.4) is 0 Å². The molecule has 1 saturated heterocycles. The zero-order valence-electron chi connectivity index (χ0n) is 9.05. The van der Waals surface area contributed by atoms with Gasteiger partial charge in [0, 0.05) is 6.61 Å². The predicted molar refractivity (Wildman–Crippen MR) is 58.5 cm³/mol. The van der Waals surface area contributed by atoms with Gasteiger partial charge in [0.05, 0.1) is 6.10 Å². The first-order valence-corrected chi connectivity index (χ1v) is 5.52. The van der Waals surface area contributed by atoms with Gasteiger partial charge in [-0.25, -0.2) is 0 Å². The van der Waals surface area contributed by atoms with Crippen LogP contribution in [-0.4, -0.2) is 6.61 Å². The van der Waals surface area contributed by atoms with E-state index in [2.05, 4.69) is 32.0 Å². The van der Waals surface area contributed by atoms with Gasteiger partial charge < -0.3 is 4.74 Å². The summed E-state index contributed by atoms with van der Waals surface area (Å²) in [6.07, 6.45) is 3.87. The molecule has 1 fully saturated rings. The standard InChI is InChI=1S/C13H18O/c1-3-11-7-6-10(2)12(9-11)13-5-4-8-14-13/h6-7,9,13H,3-5,8H2,1-2H3/t13-/m0/s1. The van der Waals surface area contributed by atoms with Gasteiger partial charge in [-0.05, 0) is 42.9 Å². The zero-order valence-corrected chi connectivity index (χ0v) is 9.05. The fourth-order valence-electron chi connectivity index (χ4n) is 2.08. The topological polar surface area (TPSA) is 9.23 Å². The molecule has 1 aromatic rings. The van der Waals surface area contributed by atoms with Crippen LogP contribution < -0.4 is 0 Å². The molecule has 1 atom stereocenters. The van der Waals surface area contributed by atoms with Gasteiger partial charge in [-0.2, -0.15) is 0 Å². The van der Waals surface area contributed by atoms with Crippen molar-refractivity contribution in [2.24, 2.45) is 0 Å². The highest BCUT2D eigenvalue weighted by molar-refractivity contribution is 5.33. The van der Waals surface area contributed by atoms with Crippen molar-refractivity contribution in [2.45, 2.75) is 39.2 Å². The Kier molecular flexibility index (Phi) is 2.87. The molecule has 0 unspecified atom stereocenters. The van der Waals surface area contributed by atoms with E-state index in [0.29, 0.717) is 6.10 Å². The molecule has 0 radical (unpaired) electrons. The quantitative estimate of drug-likeness (QED) is 0.694. The number of aryl methyl sites for hydroxylation is 2. The molecule has 1 aliphatic rings. The third-order valence-corrected chi connectivity index (χ3v) is 3.03. The van der Waals surface area contributed by atoms with Crippen molar-refractivity contribution in [3.05, 3.63) is 34.9 Å². The maximum absolute atomic E-state index is 5.72. The lowest BCUT2D eigenvalue weighted by molar-refractivity contribution is 0.111. The van der Waals surface area contributed by atoms with Crippen molar-refractivity contribution in [3.63, 3.8) is 0 Å². The van der Waals surface area contributed by atoms with Crippen LogP contribution in [0.2, 0.25) is 0 Å². The predicted octanol–water partition coefficient (Wildman–Crippen LogP) is 3.41. The molecule has 14 heavy (non-hydrogen) atoms. The Morgan fingerprint density at radius 2 is 2.29 bits per heavy atom. The van der Waals surface area contributed by atoms with Crippen molar-refractivity contribution in [1.29, 1.82) is 0 Å². The summed E-state index contributed by atoms with van der Waals surface area (Å²) in [5.41, 5.74) is 4.19. The van der Waals surface area contributed by atoms with E-state index in [-0.39, 0.29) is 0 Å². The monoisotopic (exact) mass is 190 g/mol. The molecule has 0 N–H and O–H groups in total. The van der Waals surface area contributed by atoms with Crippen molar-refractivity contribution in [2.75, 3.05) is 6.61 Å². The molecule has 0 bridgehead atoms. The maximum atomic E-state index is 5.72. The van der Waals surface area contributed by atoms with Gasteiger partial charge in [0.15, 0.2) is 0 Å². The average Bonchev–Trinajstić information content (AvgIpc) is 2.71. The number of ether oxygens (including phenoxy) is 1. The Morgan fingerprint density at radius 1 is 1.43 bits per heavy atom. The highest BCUT2D eigenvalue weighted by atomic mass is 16.5. The fraction of sp³-hybridized carbons (Fsp3) is 0.538. The Bertz CT molecular complexity index is 311. The molecule has 1 heteroatoms. The summed E-state index contributed by atoms with van der Waals surface area (Å²) < 4.78 is 5.72. The van der Waals surface area contributed by atoms with Crippen molar-refractivity contribution in [3.8, 4) is 0 Å². The van der Waals surface area contributed by atoms with Crippen LogP contribution in [0.4, 0.5) is 0 Å². The first kappa shape index (κ1) is 9.72. The molecule has 1 aliphatic heterocycles. The van der Waals surface area contributed by atoms with Crippen LogP contribution in [0.25, 0.3) is 0 Å². The number of rotatable bonds is 2. The summed E-state index contributed by atoms with van der Waals surface area (Å²) in [5.74, 6) is 0.